The number of amides is 4. The molecule has 1 aliphatic heterocycles. The molecule has 1 aliphatic rings. The highest BCUT2D eigenvalue weighted by atomic mass is 35.5. The first-order chi connectivity index (χ1) is 19.9. The van der Waals surface area contributed by atoms with Crippen molar-refractivity contribution in [3.8, 4) is 0 Å². The Hall–Kier alpha value is -4.29. The minimum atomic E-state index is -5.00. The third-order valence-electron chi connectivity index (χ3n) is 6.76. The van der Waals surface area contributed by atoms with Crippen molar-refractivity contribution in [3.05, 3.63) is 95.0 Å². The highest BCUT2D eigenvalue weighted by molar-refractivity contribution is 7.86. The van der Waals surface area contributed by atoms with Crippen molar-refractivity contribution in [2.24, 2.45) is 0 Å². The molecule has 220 valence electrons. The second-order valence-corrected chi connectivity index (χ2v) is 11.5. The van der Waals surface area contributed by atoms with Crippen LogP contribution in [-0.4, -0.2) is 81.1 Å². The molecule has 0 spiro atoms. The van der Waals surface area contributed by atoms with Crippen molar-refractivity contribution >= 4 is 51.1 Å². The van der Waals surface area contributed by atoms with Crippen molar-refractivity contribution in [2.45, 2.75) is 17.4 Å². The number of likely N-dealkylation sites (N-methyl/N-ethyl adjacent to an activating group) is 1. The fourth-order valence-electron chi connectivity index (χ4n) is 4.50. The molecule has 0 unspecified atom stereocenters. The van der Waals surface area contributed by atoms with Gasteiger partial charge in [0, 0.05) is 42.8 Å². The van der Waals surface area contributed by atoms with Gasteiger partial charge in [0.2, 0.25) is 17.7 Å². The maximum absolute atomic E-state index is 13.5. The van der Waals surface area contributed by atoms with Gasteiger partial charge in [-0.25, -0.2) is 0 Å². The third-order valence-corrected chi connectivity index (χ3v) is 7.83. The molecule has 3 aromatic rings. The molecule has 1 atom stereocenters. The van der Waals surface area contributed by atoms with Crippen molar-refractivity contribution in [1.29, 1.82) is 0 Å². The summed E-state index contributed by atoms with van der Waals surface area (Å²) in [6.45, 7) is -0.596. The van der Waals surface area contributed by atoms with Crippen LogP contribution in [0.2, 0.25) is 5.02 Å². The topological polar surface area (TPSA) is 124 Å². The van der Waals surface area contributed by atoms with Crippen LogP contribution in [0.5, 0.6) is 0 Å². The van der Waals surface area contributed by atoms with E-state index in [4.69, 9.17) is 11.6 Å². The number of nitrogens with zero attached hydrogens (tertiary/aromatic N) is 3. The van der Waals surface area contributed by atoms with Gasteiger partial charge in [0.25, 0.3) is 5.91 Å². The van der Waals surface area contributed by atoms with Gasteiger partial charge in [-0.1, -0.05) is 48.0 Å². The fourth-order valence-corrected chi connectivity index (χ4v) is 5.14. The predicted octanol–water partition coefficient (Wildman–Crippen LogP) is 2.67. The number of nitrogens with one attached hydrogen (secondary N) is 1. The molecule has 4 rings (SSSR count). The molecule has 0 aromatic heterocycles. The lowest BCUT2D eigenvalue weighted by atomic mass is 10.0. The van der Waals surface area contributed by atoms with Gasteiger partial charge in [0.15, 0.2) is 0 Å². The Morgan fingerprint density at radius 2 is 1.69 bits per heavy atom. The average Bonchev–Trinajstić information content (AvgIpc) is 2.97. The molecule has 0 saturated carbocycles. The number of carbonyl (C=O) groups excluding carboxylic acids is 4. The van der Waals surface area contributed by atoms with Crippen LogP contribution in [0.3, 0.4) is 0 Å². The second kappa shape index (κ2) is 13.1. The Labute approximate surface area is 247 Å². The van der Waals surface area contributed by atoms with Crippen LogP contribution >= 0.6 is 11.6 Å². The zero-order valence-electron chi connectivity index (χ0n) is 22.6. The summed E-state index contributed by atoms with van der Waals surface area (Å²) in [6, 6.07) is 19.4. The van der Waals surface area contributed by atoms with E-state index < -0.39 is 38.9 Å². The van der Waals surface area contributed by atoms with Crippen LogP contribution in [0.4, 0.5) is 9.57 Å². The highest BCUT2D eigenvalue weighted by Gasteiger charge is 2.31. The third kappa shape index (κ3) is 7.71. The molecule has 1 heterocycles. The summed E-state index contributed by atoms with van der Waals surface area (Å²) in [5, 5.41) is 3.27. The smallest absolute Gasteiger partial charge is 0.332 e. The molecule has 0 bridgehead atoms. The van der Waals surface area contributed by atoms with Gasteiger partial charge in [0.05, 0.1) is 11.4 Å². The lowest BCUT2D eigenvalue weighted by Gasteiger charge is -2.34. The zero-order chi connectivity index (χ0) is 30.4. The quantitative estimate of drug-likeness (QED) is 0.370. The number of rotatable bonds is 9. The lowest BCUT2D eigenvalue weighted by Crippen LogP contribution is -2.56. The van der Waals surface area contributed by atoms with Gasteiger partial charge in [-0.05, 0) is 48.0 Å². The van der Waals surface area contributed by atoms with E-state index in [-0.39, 0.29) is 44.1 Å². The van der Waals surface area contributed by atoms with E-state index >= 15 is 0 Å². The second-order valence-electron chi connectivity index (χ2n) is 9.69. The maximum Gasteiger partial charge on any atom is 0.332 e. The SMILES string of the molecule is CN(C(=O)[C@H](Cc1ccccc1)NC(=O)CN1CCN(C(=O)c2cccc(S(=O)(=O)F)c2)CC1=O)c1ccc(Cl)cc1. The Morgan fingerprint density at radius 1 is 1.00 bits per heavy atom. The Bertz CT molecular complexity index is 1590. The summed E-state index contributed by atoms with van der Waals surface area (Å²) < 4.78 is 35.8. The van der Waals surface area contributed by atoms with E-state index in [0.29, 0.717) is 10.7 Å². The highest BCUT2D eigenvalue weighted by Crippen LogP contribution is 2.19. The molecular formula is C29H28ClFN4O6S. The fraction of sp³-hybridized carbons (Fsp3) is 0.241. The number of benzene rings is 3. The summed E-state index contributed by atoms with van der Waals surface area (Å²) in [7, 11) is -3.41. The number of halogens is 2. The molecule has 3 aromatic carbocycles. The van der Waals surface area contributed by atoms with Crippen LogP contribution in [0.25, 0.3) is 0 Å². The average molecular weight is 615 g/mol. The van der Waals surface area contributed by atoms with E-state index in [1.54, 1.807) is 31.3 Å². The van der Waals surface area contributed by atoms with Gasteiger partial charge in [0.1, 0.15) is 12.6 Å². The molecule has 0 radical (unpaired) electrons. The zero-order valence-corrected chi connectivity index (χ0v) is 24.1. The largest absolute Gasteiger partial charge is 0.342 e. The van der Waals surface area contributed by atoms with Crippen molar-refractivity contribution < 1.29 is 31.5 Å². The molecule has 0 aliphatic carbocycles. The van der Waals surface area contributed by atoms with Crippen LogP contribution in [0.1, 0.15) is 15.9 Å². The monoisotopic (exact) mass is 614 g/mol. The summed E-state index contributed by atoms with van der Waals surface area (Å²) in [5.74, 6) is -2.07. The Balaban J connectivity index is 1.41. The first-order valence-electron chi connectivity index (χ1n) is 12.9. The predicted molar refractivity (Wildman–Crippen MR) is 154 cm³/mol. The molecule has 13 heteroatoms. The number of hydrogen-bond acceptors (Lipinski definition) is 6. The maximum atomic E-state index is 13.5. The molecule has 42 heavy (non-hydrogen) atoms. The van der Waals surface area contributed by atoms with Gasteiger partial charge >= 0.3 is 10.2 Å². The lowest BCUT2D eigenvalue weighted by molar-refractivity contribution is -0.139. The standard InChI is InChI=1S/C29H28ClFN4O6S/c1-33(23-12-10-22(30)11-13-23)29(39)25(16-20-6-3-2-4-7-20)32-26(36)18-34-14-15-35(19-27(34)37)28(38)21-8-5-9-24(17-21)42(31,40)41/h2-13,17,25H,14-16,18-19H2,1H3,(H,32,36)/t25-/m0/s1. The number of anilines is 1. The molecule has 10 nitrogen and oxygen atoms in total. The van der Waals surface area contributed by atoms with E-state index in [0.717, 1.165) is 17.7 Å². The Kier molecular flexibility index (Phi) is 9.59. The van der Waals surface area contributed by atoms with Gasteiger partial charge in [-0.2, -0.15) is 8.42 Å². The first kappa shape index (κ1) is 30.7. The van der Waals surface area contributed by atoms with E-state index in [1.807, 2.05) is 30.3 Å². The minimum absolute atomic E-state index is 0.0288. The first-order valence-corrected chi connectivity index (χ1v) is 14.7. The van der Waals surface area contributed by atoms with Crippen molar-refractivity contribution in [1.82, 2.24) is 15.1 Å². The number of carbonyl (C=O) groups is 4. The van der Waals surface area contributed by atoms with Crippen LogP contribution in [-0.2, 0) is 31.0 Å². The van der Waals surface area contributed by atoms with E-state index in [9.17, 15) is 31.5 Å². The van der Waals surface area contributed by atoms with Gasteiger partial charge in [-0.15, -0.1) is 3.89 Å². The van der Waals surface area contributed by atoms with Gasteiger partial charge < -0.3 is 20.0 Å². The summed E-state index contributed by atoms with van der Waals surface area (Å²) in [4.78, 5) is 55.5. The molecule has 4 amide bonds. The van der Waals surface area contributed by atoms with Crippen LogP contribution in [0, 0.1) is 0 Å². The Morgan fingerprint density at radius 3 is 2.33 bits per heavy atom. The minimum Gasteiger partial charge on any atom is -0.342 e. The van der Waals surface area contributed by atoms with Crippen molar-refractivity contribution in [3.63, 3.8) is 0 Å². The number of hydrogen-bond donors (Lipinski definition) is 1. The normalized spacial score (nSPS) is 14.3. The summed E-state index contributed by atoms with van der Waals surface area (Å²) in [6.07, 6.45) is 0.216. The summed E-state index contributed by atoms with van der Waals surface area (Å²) in [5.41, 5.74) is 1.33. The van der Waals surface area contributed by atoms with Crippen LogP contribution < -0.4 is 10.2 Å². The molecular weight excluding hydrogens is 587 g/mol. The van der Waals surface area contributed by atoms with E-state index in [1.165, 1.54) is 26.8 Å². The number of piperazine rings is 1. The van der Waals surface area contributed by atoms with Crippen molar-refractivity contribution in [2.75, 3.05) is 38.1 Å². The van der Waals surface area contributed by atoms with Crippen LogP contribution in [0.15, 0.2) is 83.8 Å². The van der Waals surface area contributed by atoms with Gasteiger partial charge in [-0.3, -0.25) is 19.2 Å². The summed E-state index contributed by atoms with van der Waals surface area (Å²) >= 11 is 5.97. The van der Waals surface area contributed by atoms with E-state index in [2.05, 4.69) is 5.32 Å². The molecule has 1 fully saturated rings. The molecule has 1 saturated heterocycles. The molecule has 1 N–H and O–H groups in total.